The van der Waals surface area contributed by atoms with Crippen molar-refractivity contribution in [2.75, 3.05) is 11.1 Å². The van der Waals surface area contributed by atoms with E-state index in [9.17, 15) is 18.8 Å². The minimum Gasteiger partial charge on any atom is -0.325 e. The molecule has 4 aromatic rings. The van der Waals surface area contributed by atoms with Crippen LogP contribution in [0.3, 0.4) is 0 Å². The Morgan fingerprint density at radius 2 is 1.82 bits per heavy atom. The number of carbonyl (C=O) groups excluding carboxylic acids is 1. The maximum atomic E-state index is 13.1. The van der Waals surface area contributed by atoms with Gasteiger partial charge in [-0.2, -0.15) is 0 Å². The number of hydrogen-bond donors (Lipinski definition) is 3. The number of aromatic amines is 2. The summed E-state index contributed by atoms with van der Waals surface area (Å²) in [6.45, 7) is 3.91. The zero-order valence-corrected chi connectivity index (χ0v) is 19.2. The Kier molecular flexibility index (Phi) is 6.73. The number of hydrogen-bond acceptors (Lipinski definition) is 6. The van der Waals surface area contributed by atoms with Crippen LogP contribution in [-0.4, -0.2) is 36.4 Å². The van der Waals surface area contributed by atoms with Crippen molar-refractivity contribution in [2.45, 2.75) is 25.4 Å². The lowest BCUT2D eigenvalue weighted by molar-refractivity contribution is -0.113. The van der Waals surface area contributed by atoms with E-state index in [0.29, 0.717) is 22.4 Å². The first kappa shape index (κ1) is 23.2. The Hall–Kier alpha value is -3.99. The predicted molar refractivity (Wildman–Crippen MR) is 127 cm³/mol. The normalized spacial score (nSPS) is 10.9. The first-order chi connectivity index (χ1) is 16.3. The Morgan fingerprint density at radius 3 is 2.56 bits per heavy atom. The number of rotatable bonds is 7. The molecule has 0 saturated carbocycles. The second-order valence-corrected chi connectivity index (χ2v) is 8.60. The minimum atomic E-state index is -0.604. The molecule has 174 valence electrons. The summed E-state index contributed by atoms with van der Waals surface area (Å²) in [6, 6.07) is 12.7. The van der Waals surface area contributed by atoms with Gasteiger partial charge in [0.25, 0.3) is 5.56 Å². The van der Waals surface area contributed by atoms with Crippen molar-refractivity contribution in [3.63, 3.8) is 0 Å². The molecule has 0 saturated heterocycles. The Bertz CT molecular complexity index is 1430. The van der Waals surface area contributed by atoms with E-state index < -0.39 is 11.2 Å². The summed E-state index contributed by atoms with van der Waals surface area (Å²) < 4.78 is 14.9. The first-order valence-electron chi connectivity index (χ1n) is 10.3. The van der Waals surface area contributed by atoms with Gasteiger partial charge < -0.3 is 10.3 Å². The molecule has 0 bridgehead atoms. The molecule has 3 N–H and O–H groups in total. The van der Waals surface area contributed by atoms with Gasteiger partial charge in [0.2, 0.25) is 5.91 Å². The molecule has 2 aromatic heterocycles. The Labute approximate surface area is 197 Å². The molecule has 0 aliphatic carbocycles. The monoisotopic (exact) mass is 480 g/mol. The zero-order valence-electron chi connectivity index (χ0n) is 18.4. The average Bonchev–Trinajstić information content (AvgIpc) is 3.17. The fourth-order valence-electron chi connectivity index (χ4n) is 3.36. The molecule has 0 aliphatic heterocycles. The molecule has 0 atom stereocenters. The summed E-state index contributed by atoms with van der Waals surface area (Å²) in [5.41, 5.74) is 2.57. The summed E-state index contributed by atoms with van der Waals surface area (Å²) in [5.74, 6) is -0.130. The van der Waals surface area contributed by atoms with Crippen LogP contribution in [0.25, 0.3) is 5.69 Å². The standard InChI is InChI=1S/C23H21FN6O3S/c1-13-3-4-14(2)18(9-13)30-19(10-17-11-20(31)27-22(33)26-17)28-29-23(30)34-12-21(32)25-16-7-5-15(24)6-8-16/h3-9,11H,10,12H2,1-2H3,(H,25,32)(H2,26,27,31,33). The number of halogens is 1. The van der Waals surface area contributed by atoms with Crippen LogP contribution in [0.5, 0.6) is 0 Å². The van der Waals surface area contributed by atoms with Crippen molar-refractivity contribution in [1.82, 2.24) is 24.7 Å². The molecule has 2 heterocycles. The summed E-state index contributed by atoms with van der Waals surface area (Å²) in [5, 5.41) is 11.7. The molecule has 0 unspecified atom stereocenters. The van der Waals surface area contributed by atoms with Gasteiger partial charge in [0.05, 0.1) is 11.4 Å². The van der Waals surface area contributed by atoms with E-state index in [0.717, 1.165) is 16.8 Å². The van der Waals surface area contributed by atoms with Crippen molar-refractivity contribution in [1.29, 1.82) is 0 Å². The maximum Gasteiger partial charge on any atom is 0.325 e. The lowest BCUT2D eigenvalue weighted by Gasteiger charge is -2.14. The Balaban J connectivity index is 1.63. The van der Waals surface area contributed by atoms with Crippen molar-refractivity contribution in [2.24, 2.45) is 0 Å². The molecule has 1 amide bonds. The smallest absolute Gasteiger partial charge is 0.325 e. The minimum absolute atomic E-state index is 0.0439. The van der Waals surface area contributed by atoms with E-state index >= 15 is 0 Å². The van der Waals surface area contributed by atoms with Crippen molar-refractivity contribution >= 4 is 23.4 Å². The number of aromatic nitrogens is 5. The molecule has 0 spiro atoms. The number of carbonyl (C=O) groups is 1. The second kappa shape index (κ2) is 9.87. The molecule has 0 radical (unpaired) electrons. The van der Waals surface area contributed by atoms with Crippen molar-refractivity contribution in [3.8, 4) is 5.69 Å². The zero-order chi connectivity index (χ0) is 24.2. The summed E-state index contributed by atoms with van der Waals surface area (Å²) in [6.07, 6.45) is 0.155. The number of thioether (sulfide) groups is 1. The van der Waals surface area contributed by atoms with Gasteiger partial charge in [-0.15, -0.1) is 10.2 Å². The number of nitrogens with one attached hydrogen (secondary N) is 3. The van der Waals surface area contributed by atoms with Crippen LogP contribution in [0.2, 0.25) is 0 Å². The summed E-state index contributed by atoms with van der Waals surface area (Å²) >= 11 is 1.19. The van der Waals surface area contributed by atoms with Gasteiger partial charge in [-0.05, 0) is 55.3 Å². The van der Waals surface area contributed by atoms with Gasteiger partial charge in [-0.3, -0.25) is 19.1 Å². The highest BCUT2D eigenvalue weighted by atomic mass is 32.2. The summed E-state index contributed by atoms with van der Waals surface area (Å²) in [7, 11) is 0. The van der Waals surface area contributed by atoms with Crippen LogP contribution in [0, 0.1) is 19.7 Å². The maximum absolute atomic E-state index is 13.1. The van der Waals surface area contributed by atoms with E-state index in [4.69, 9.17) is 0 Å². The molecule has 0 aliphatic rings. The van der Waals surface area contributed by atoms with Crippen molar-refractivity contribution in [3.05, 3.63) is 97.8 Å². The van der Waals surface area contributed by atoms with Crippen LogP contribution >= 0.6 is 11.8 Å². The Morgan fingerprint density at radius 1 is 1.06 bits per heavy atom. The molecular formula is C23H21FN6O3S. The molecular weight excluding hydrogens is 459 g/mol. The van der Waals surface area contributed by atoms with Crippen LogP contribution in [-0.2, 0) is 11.2 Å². The van der Waals surface area contributed by atoms with Gasteiger partial charge in [0.1, 0.15) is 11.6 Å². The number of H-pyrrole nitrogens is 2. The highest BCUT2D eigenvalue weighted by molar-refractivity contribution is 7.99. The van der Waals surface area contributed by atoms with E-state index in [1.165, 1.54) is 42.1 Å². The lowest BCUT2D eigenvalue weighted by atomic mass is 10.1. The van der Waals surface area contributed by atoms with E-state index in [1.54, 1.807) is 0 Å². The van der Waals surface area contributed by atoms with Gasteiger partial charge in [0, 0.05) is 23.9 Å². The number of aryl methyl sites for hydroxylation is 2. The van der Waals surface area contributed by atoms with E-state index in [2.05, 4.69) is 25.5 Å². The largest absolute Gasteiger partial charge is 0.325 e. The highest BCUT2D eigenvalue weighted by Gasteiger charge is 2.18. The van der Waals surface area contributed by atoms with E-state index in [1.807, 2.05) is 36.6 Å². The SMILES string of the molecule is Cc1ccc(C)c(-n2c(Cc3cc(=O)[nH]c(=O)[nH]3)nnc2SCC(=O)Nc2ccc(F)cc2)c1. The fourth-order valence-corrected chi connectivity index (χ4v) is 4.12. The third-order valence-electron chi connectivity index (χ3n) is 4.93. The fraction of sp³-hybridized carbons (Fsp3) is 0.174. The second-order valence-electron chi connectivity index (χ2n) is 7.66. The number of amides is 1. The van der Waals surface area contributed by atoms with Gasteiger partial charge >= 0.3 is 5.69 Å². The van der Waals surface area contributed by atoms with Crippen LogP contribution in [0.4, 0.5) is 10.1 Å². The van der Waals surface area contributed by atoms with Gasteiger partial charge in [-0.1, -0.05) is 23.9 Å². The summed E-state index contributed by atoms with van der Waals surface area (Å²) in [4.78, 5) is 40.6. The number of anilines is 1. The third kappa shape index (κ3) is 5.49. The highest BCUT2D eigenvalue weighted by Crippen LogP contribution is 2.26. The van der Waals surface area contributed by atoms with Crippen LogP contribution in [0.1, 0.15) is 22.6 Å². The van der Waals surface area contributed by atoms with E-state index in [-0.39, 0.29) is 23.9 Å². The molecule has 11 heteroatoms. The average molecular weight is 481 g/mol. The third-order valence-corrected chi connectivity index (χ3v) is 5.86. The molecule has 34 heavy (non-hydrogen) atoms. The molecule has 0 fully saturated rings. The quantitative estimate of drug-likeness (QED) is 0.349. The van der Waals surface area contributed by atoms with Crippen LogP contribution in [0.15, 0.2) is 63.3 Å². The van der Waals surface area contributed by atoms with Crippen molar-refractivity contribution < 1.29 is 9.18 Å². The first-order valence-corrected chi connectivity index (χ1v) is 11.3. The lowest BCUT2D eigenvalue weighted by Crippen LogP contribution is -2.23. The molecule has 2 aromatic carbocycles. The number of nitrogens with zero attached hydrogens (tertiary/aromatic N) is 3. The van der Waals surface area contributed by atoms with Gasteiger partial charge in [0.15, 0.2) is 5.16 Å². The van der Waals surface area contributed by atoms with Crippen LogP contribution < -0.4 is 16.6 Å². The predicted octanol–water partition coefficient (Wildman–Crippen LogP) is 2.72. The van der Waals surface area contributed by atoms with Gasteiger partial charge in [-0.25, -0.2) is 9.18 Å². The molecule has 9 nitrogen and oxygen atoms in total. The molecule has 4 rings (SSSR count). The topological polar surface area (TPSA) is 126 Å². The number of benzene rings is 2.